The minimum atomic E-state index is -5.05. The summed E-state index contributed by atoms with van der Waals surface area (Å²) in [7, 11) is -9.64. The number of fused-ring (bicyclic) bond motifs is 3. The molecule has 0 spiro atoms. The molecule has 3 fully saturated rings. The van der Waals surface area contributed by atoms with E-state index < -0.39 is 76.9 Å². The highest BCUT2D eigenvalue weighted by atomic mass is 31.2. The zero-order chi connectivity index (χ0) is 34.8. The van der Waals surface area contributed by atoms with Crippen molar-refractivity contribution in [2.45, 2.75) is 75.5 Å². The van der Waals surface area contributed by atoms with Crippen LogP contribution in [-0.4, -0.2) is 110 Å². The van der Waals surface area contributed by atoms with Crippen LogP contribution in [0.5, 0.6) is 0 Å². The average Bonchev–Trinajstić information content (AvgIpc) is 3.84. The van der Waals surface area contributed by atoms with Gasteiger partial charge in [-0.25, -0.2) is 29.1 Å². The number of imidazole rings is 2. The van der Waals surface area contributed by atoms with Crippen molar-refractivity contribution in [1.82, 2.24) is 39.0 Å². The molecule has 0 radical (unpaired) electrons. The highest BCUT2D eigenvalue weighted by Crippen LogP contribution is 2.59. The number of nitrogen functional groups attached to an aromatic ring is 2. The topological polar surface area (TPSA) is 319 Å². The number of aliphatic hydroxyl groups is 1. The fraction of sp³-hybridized carbons (Fsp3) is 0.583. The Morgan fingerprint density at radius 1 is 1.04 bits per heavy atom. The second-order valence-electron chi connectivity index (χ2n) is 11.5. The Kier molecular flexibility index (Phi) is 8.83. The molecule has 0 bridgehead atoms. The third-order valence-electron chi connectivity index (χ3n) is 8.27. The zero-order valence-electron chi connectivity index (χ0n) is 25.7. The van der Waals surface area contributed by atoms with Gasteiger partial charge in [-0.3, -0.25) is 37.0 Å². The van der Waals surface area contributed by atoms with Crippen LogP contribution in [0.2, 0.25) is 0 Å². The van der Waals surface area contributed by atoms with Crippen LogP contribution < -0.4 is 17.0 Å². The maximum atomic E-state index is 13.4. The van der Waals surface area contributed by atoms with Gasteiger partial charge in [0.1, 0.15) is 48.5 Å². The number of aliphatic hydroxyl groups excluding tert-OH is 1. The first kappa shape index (κ1) is 34.0. The van der Waals surface area contributed by atoms with E-state index in [4.69, 9.17) is 43.8 Å². The van der Waals surface area contributed by atoms with Crippen LogP contribution in [0.4, 0.5) is 11.8 Å². The first-order valence-electron chi connectivity index (χ1n) is 14.9. The molecule has 49 heavy (non-hydrogen) atoms. The summed E-state index contributed by atoms with van der Waals surface area (Å²) in [5.41, 5.74) is 11.3. The van der Waals surface area contributed by atoms with Crippen LogP contribution in [0.25, 0.3) is 22.3 Å². The number of nitrogens with two attached hydrogens (primary N) is 2. The molecule has 8 N–H and O–H groups in total. The molecule has 0 aliphatic carbocycles. The molecule has 0 aromatic carbocycles. The van der Waals surface area contributed by atoms with Gasteiger partial charge in [-0.1, -0.05) is 6.92 Å². The van der Waals surface area contributed by atoms with Gasteiger partial charge in [0, 0.05) is 0 Å². The van der Waals surface area contributed by atoms with Crippen molar-refractivity contribution in [3.05, 3.63) is 29.3 Å². The number of anilines is 2. The SMILES string of the molecule is CCC(C)OC[C@H]1O[C@@H](n2cnc3c(N)ncnc32)C(O)C1OP(=O)(O)OC[C@H]1O[C@@H](n2cnc3c(=O)[nH]c(N)nc32)C2OP(=O)(O)OC21. The smallest absolute Gasteiger partial charge is 0.386 e. The van der Waals surface area contributed by atoms with Gasteiger partial charge in [0.05, 0.1) is 32.0 Å². The number of H-pyrrole nitrogens is 1. The second kappa shape index (κ2) is 12.7. The fourth-order valence-electron chi connectivity index (χ4n) is 5.77. The van der Waals surface area contributed by atoms with Crippen molar-refractivity contribution in [2.75, 3.05) is 24.7 Å². The van der Waals surface area contributed by atoms with Gasteiger partial charge in [-0.2, -0.15) is 4.98 Å². The van der Waals surface area contributed by atoms with E-state index in [0.717, 1.165) is 0 Å². The molecule has 7 heterocycles. The molecule has 266 valence electrons. The molecule has 0 saturated carbocycles. The molecule has 11 atom stereocenters. The summed E-state index contributed by atoms with van der Waals surface area (Å²) in [6.07, 6.45) is -6.25. The Labute approximate surface area is 274 Å². The van der Waals surface area contributed by atoms with Gasteiger partial charge in [0.15, 0.2) is 35.1 Å². The maximum absolute atomic E-state index is 13.4. The number of rotatable bonds is 11. The van der Waals surface area contributed by atoms with Crippen LogP contribution in [0, 0.1) is 0 Å². The number of phosphoric ester groups is 2. The third kappa shape index (κ3) is 6.37. The fourth-order valence-corrected chi connectivity index (χ4v) is 7.88. The number of ether oxygens (including phenoxy) is 3. The molecule has 3 aliphatic rings. The number of hydrogen-bond acceptors (Lipinski definition) is 18. The Morgan fingerprint density at radius 2 is 1.73 bits per heavy atom. The van der Waals surface area contributed by atoms with Crippen molar-refractivity contribution >= 4 is 49.7 Å². The highest BCUT2D eigenvalue weighted by molar-refractivity contribution is 7.47. The Morgan fingerprint density at radius 3 is 2.49 bits per heavy atom. The van der Waals surface area contributed by atoms with Crippen LogP contribution >= 0.6 is 15.6 Å². The van der Waals surface area contributed by atoms with Crippen LogP contribution in [0.3, 0.4) is 0 Å². The van der Waals surface area contributed by atoms with Crippen molar-refractivity contribution < 1.29 is 56.3 Å². The third-order valence-corrected chi connectivity index (χ3v) is 10.3. The Bertz CT molecular complexity index is 2030. The number of nitrogens with zero attached hydrogens (tertiary/aromatic N) is 7. The average molecular weight is 731 g/mol. The Balaban J connectivity index is 1.10. The van der Waals surface area contributed by atoms with E-state index in [0.29, 0.717) is 6.42 Å². The summed E-state index contributed by atoms with van der Waals surface area (Å²) in [5.74, 6) is -0.132. The number of phosphoric acid groups is 2. The van der Waals surface area contributed by atoms with Crippen LogP contribution in [-0.2, 0) is 41.4 Å². The van der Waals surface area contributed by atoms with Crippen molar-refractivity contribution in [2.24, 2.45) is 0 Å². The summed E-state index contributed by atoms with van der Waals surface area (Å²) in [6.45, 7) is 2.87. The van der Waals surface area contributed by atoms with E-state index in [1.165, 1.54) is 28.1 Å². The van der Waals surface area contributed by atoms with E-state index in [2.05, 4.69) is 29.9 Å². The molecule has 4 aromatic heterocycles. The Hall–Kier alpha value is -3.44. The molecule has 7 rings (SSSR count). The number of aromatic amines is 1. The lowest BCUT2D eigenvalue weighted by Crippen LogP contribution is -2.37. The normalized spacial score (nSPS) is 33.3. The molecule has 7 unspecified atom stereocenters. The minimum Gasteiger partial charge on any atom is -0.386 e. The van der Waals surface area contributed by atoms with Crippen molar-refractivity contribution in [1.29, 1.82) is 0 Å². The number of aromatic nitrogens is 8. The molecule has 4 aromatic rings. The van der Waals surface area contributed by atoms with Gasteiger partial charge in [0.25, 0.3) is 5.56 Å². The van der Waals surface area contributed by atoms with Gasteiger partial charge < -0.3 is 40.6 Å². The quantitative estimate of drug-likeness (QED) is 0.106. The summed E-state index contributed by atoms with van der Waals surface area (Å²) in [5, 5.41) is 11.3. The zero-order valence-corrected chi connectivity index (χ0v) is 27.4. The van der Waals surface area contributed by atoms with Gasteiger partial charge in [-0.15, -0.1) is 0 Å². The molecule has 23 nitrogen and oxygen atoms in total. The van der Waals surface area contributed by atoms with E-state index in [1.807, 2.05) is 13.8 Å². The van der Waals surface area contributed by atoms with Crippen LogP contribution in [0.1, 0.15) is 32.7 Å². The first-order chi connectivity index (χ1) is 23.2. The monoisotopic (exact) mass is 730 g/mol. The number of hydrogen-bond donors (Lipinski definition) is 6. The van der Waals surface area contributed by atoms with Gasteiger partial charge in [0.2, 0.25) is 5.95 Å². The van der Waals surface area contributed by atoms with Gasteiger partial charge in [-0.05, 0) is 13.3 Å². The summed E-state index contributed by atoms with van der Waals surface area (Å²) >= 11 is 0. The summed E-state index contributed by atoms with van der Waals surface area (Å²) in [4.78, 5) is 55.9. The van der Waals surface area contributed by atoms with E-state index in [1.54, 1.807) is 0 Å². The van der Waals surface area contributed by atoms with Crippen molar-refractivity contribution in [3.63, 3.8) is 0 Å². The van der Waals surface area contributed by atoms with E-state index in [-0.39, 0.29) is 46.8 Å². The standard InChI is InChI=1S/C24H32N10O13P2/c1-3-9(2)41-4-10-15(14(35)22(43-10)33-7-29-12-18(25)27-6-28-19(12)33)45-48(37,38)42-5-11-16-17(47-49(39,40)46-16)23(44-11)34-8-30-13-20(34)31-24(26)32-21(13)36/h6-11,14-17,22-23,35H,3-5H2,1-2H3,(H,37,38)(H,39,40)(H2,25,27,28)(H3,26,31,32,36)/t9?,10-,11-,14?,15?,16?,17?,22-,23-/m1/s1. The first-order valence-corrected chi connectivity index (χ1v) is 17.9. The summed E-state index contributed by atoms with van der Waals surface area (Å²) in [6, 6.07) is 0. The highest BCUT2D eigenvalue weighted by Gasteiger charge is 2.59. The molecule has 3 aliphatic heterocycles. The predicted octanol–water partition coefficient (Wildman–Crippen LogP) is -0.519. The van der Waals surface area contributed by atoms with Gasteiger partial charge >= 0.3 is 15.6 Å². The van der Waals surface area contributed by atoms with E-state index in [9.17, 15) is 28.8 Å². The number of nitrogens with one attached hydrogen (secondary N) is 1. The molecule has 3 saturated heterocycles. The predicted molar refractivity (Wildman–Crippen MR) is 162 cm³/mol. The molecule has 0 amide bonds. The van der Waals surface area contributed by atoms with E-state index >= 15 is 0 Å². The molecule has 25 heteroatoms. The molecular weight excluding hydrogens is 698 g/mol. The molecular formula is C24H32N10O13P2. The lowest BCUT2D eigenvalue weighted by atomic mass is 10.1. The summed E-state index contributed by atoms with van der Waals surface area (Å²) < 4.78 is 67.4. The maximum Gasteiger partial charge on any atom is 0.473 e. The lowest BCUT2D eigenvalue weighted by molar-refractivity contribution is -0.0803. The van der Waals surface area contributed by atoms with Crippen LogP contribution in [0.15, 0.2) is 23.8 Å². The second-order valence-corrected chi connectivity index (χ2v) is 14.2. The minimum absolute atomic E-state index is 0.0266. The largest absolute Gasteiger partial charge is 0.473 e. The lowest BCUT2D eigenvalue weighted by Gasteiger charge is -2.25. The van der Waals surface area contributed by atoms with Crippen molar-refractivity contribution in [3.8, 4) is 0 Å².